The van der Waals surface area contributed by atoms with Crippen molar-refractivity contribution in [3.63, 3.8) is 0 Å². The average Bonchev–Trinajstić information content (AvgIpc) is 2.65. The molecule has 0 radical (unpaired) electrons. The highest BCUT2D eigenvalue weighted by molar-refractivity contribution is 7.99. The number of rotatable bonds is 6. The van der Waals surface area contributed by atoms with Gasteiger partial charge in [0.2, 0.25) is 0 Å². The fraction of sp³-hybridized carbons (Fsp3) is 0.600. The molecule has 0 bridgehead atoms. The fourth-order valence-corrected chi connectivity index (χ4v) is 2.12. The maximum absolute atomic E-state index is 5.13. The Morgan fingerprint density at radius 1 is 1.57 bits per heavy atom. The van der Waals surface area contributed by atoms with Crippen LogP contribution in [0.3, 0.4) is 0 Å². The van der Waals surface area contributed by atoms with Crippen molar-refractivity contribution in [1.29, 1.82) is 0 Å². The third-order valence-electron chi connectivity index (χ3n) is 1.97. The van der Waals surface area contributed by atoms with Gasteiger partial charge in [-0.15, -0.1) is 11.3 Å². The highest BCUT2D eigenvalue weighted by atomic mass is 32.2. The Morgan fingerprint density at radius 3 is 2.93 bits per heavy atom. The van der Waals surface area contributed by atoms with Gasteiger partial charge in [0.05, 0.1) is 7.11 Å². The second-order valence-electron chi connectivity index (χ2n) is 3.10. The third-order valence-corrected chi connectivity index (χ3v) is 3.99. The summed E-state index contributed by atoms with van der Waals surface area (Å²) in [5.41, 5.74) is 0. The highest BCUT2D eigenvalue weighted by Crippen LogP contribution is 2.23. The number of hydrogen-bond donors (Lipinski definition) is 1. The van der Waals surface area contributed by atoms with E-state index in [1.54, 1.807) is 18.4 Å². The lowest BCUT2D eigenvalue weighted by Crippen LogP contribution is -2.21. The molecular formula is C10H17NOS2. The van der Waals surface area contributed by atoms with E-state index in [4.69, 9.17) is 4.74 Å². The normalized spacial score (nSPS) is 12.8. The zero-order chi connectivity index (χ0) is 10.4. The molecule has 4 heteroatoms. The molecule has 1 atom stereocenters. The first-order chi connectivity index (χ1) is 6.76. The van der Waals surface area contributed by atoms with Crippen LogP contribution >= 0.6 is 23.1 Å². The molecule has 0 amide bonds. The van der Waals surface area contributed by atoms with Gasteiger partial charge in [-0.25, -0.2) is 0 Å². The Kier molecular flexibility index (Phi) is 5.37. The summed E-state index contributed by atoms with van der Waals surface area (Å²) in [7, 11) is 1.71. The van der Waals surface area contributed by atoms with Crippen molar-refractivity contribution in [3.8, 4) is 5.06 Å². The van der Waals surface area contributed by atoms with E-state index < -0.39 is 0 Å². The van der Waals surface area contributed by atoms with Crippen molar-refractivity contribution in [1.82, 2.24) is 5.32 Å². The summed E-state index contributed by atoms with van der Waals surface area (Å²) in [5.74, 6) is 0. The largest absolute Gasteiger partial charge is 0.487 e. The average molecular weight is 231 g/mol. The highest BCUT2D eigenvalue weighted by Gasteiger charge is 2.01. The molecule has 0 saturated carbocycles. The van der Waals surface area contributed by atoms with E-state index in [0.29, 0.717) is 5.25 Å². The maximum atomic E-state index is 5.13. The molecule has 14 heavy (non-hydrogen) atoms. The predicted molar refractivity (Wildman–Crippen MR) is 65.6 cm³/mol. The number of methoxy groups -OCH3 is 1. The third kappa shape index (κ3) is 3.90. The molecule has 1 N–H and O–H groups in total. The standard InChI is InChI=1S/C10H17NOS2/c1-8(13-3)6-11-7-9-4-5-10(12-2)14-9/h4-5,8,11H,6-7H2,1-3H3. The van der Waals surface area contributed by atoms with Gasteiger partial charge in [-0.2, -0.15) is 11.8 Å². The second-order valence-corrected chi connectivity index (χ2v) is 5.51. The molecule has 1 rings (SSSR count). The first kappa shape index (κ1) is 11.9. The minimum atomic E-state index is 0.678. The zero-order valence-electron chi connectivity index (χ0n) is 8.87. The molecular weight excluding hydrogens is 214 g/mol. The van der Waals surface area contributed by atoms with Gasteiger partial charge in [0.25, 0.3) is 0 Å². The van der Waals surface area contributed by atoms with E-state index in [-0.39, 0.29) is 0 Å². The predicted octanol–water partition coefficient (Wildman–Crippen LogP) is 2.60. The summed E-state index contributed by atoms with van der Waals surface area (Å²) >= 11 is 3.59. The molecule has 0 aromatic carbocycles. The van der Waals surface area contributed by atoms with E-state index in [2.05, 4.69) is 24.6 Å². The van der Waals surface area contributed by atoms with Crippen LogP contribution in [0.4, 0.5) is 0 Å². The van der Waals surface area contributed by atoms with Crippen molar-refractivity contribution < 1.29 is 4.74 Å². The van der Waals surface area contributed by atoms with Crippen LogP contribution < -0.4 is 10.1 Å². The Morgan fingerprint density at radius 2 is 2.36 bits per heavy atom. The fourth-order valence-electron chi connectivity index (χ4n) is 1.04. The maximum Gasteiger partial charge on any atom is 0.173 e. The quantitative estimate of drug-likeness (QED) is 0.813. The molecule has 0 fully saturated rings. The van der Waals surface area contributed by atoms with Crippen molar-refractivity contribution >= 4 is 23.1 Å². The van der Waals surface area contributed by atoms with E-state index in [0.717, 1.165) is 18.2 Å². The molecule has 0 spiro atoms. The van der Waals surface area contributed by atoms with Gasteiger partial charge in [0.1, 0.15) is 0 Å². The van der Waals surface area contributed by atoms with Crippen molar-refractivity contribution in [2.75, 3.05) is 19.9 Å². The zero-order valence-corrected chi connectivity index (χ0v) is 10.5. The van der Waals surface area contributed by atoms with E-state index >= 15 is 0 Å². The minimum Gasteiger partial charge on any atom is -0.487 e. The summed E-state index contributed by atoms with van der Waals surface area (Å²) in [5, 5.41) is 5.09. The number of hydrogen-bond acceptors (Lipinski definition) is 4. The van der Waals surface area contributed by atoms with Crippen molar-refractivity contribution in [2.24, 2.45) is 0 Å². The lowest BCUT2D eigenvalue weighted by Gasteiger charge is -2.08. The number of thioether (sulfide) groups is 1. The molecule has 1 heterocycles. The second kappa shape index (κ2) is 6.32. The summed E-state index contributed by atoms with van der Waals surface area (Å²) in [6, 6.07) is 4.12. The van der Waals surface area contributed by atoms with Gasteiger partial charge in [-0.3, -0.25) is 0 Å². The van der Waals surface area contributed by atoms with Crippen LogP contribution in [0.5, 0.6) is 5.06 Å². The Balaban J connectivity index is 2.24. The molecule has 2 nitrogen and oxygen atoms in total. The SMILES string of the molecule is COc1ccc(CNCC(C)SC)s1. The Hall–Kier alpha value is -0.190. The van der Waals surface area contributed by atoms with Gasteiger partial charge in [-0.05, 0) is 18.4 Å². The van der Waals surface area contributed by atoms with Crippen molar-refractivity contribution in [3.05, 3.63) is 17.0 Å². The number of thiophene rings is 1. The van der Waals surface area contributed by atoms with Crippen LogP contribution in [0.25, 0.3) is 0 Å². The molecule has 1 unspecified atom stereocenters. The van der Waals surface area contributed by atoms with Crippen LogP contribution in [0, 0.1) is 0 Å². The van der Waals surface area contributed by atoms with E-state index in [1.807, 2.05) is 17.8 Å². The Labute approximate surface area is 94.0 Å². The van der Waals surface area contributed by atoms with Crippen LogP contribution in [-0.2, 0) is 6.54 Å². The lowest BCUT2D eigenvalue weighted by molar-refractivity contribution is 0.427. The van der Waals surface area contributed by atoms with Gasteiger partial charge >= 0.3 is 0 Å². The van der Waals surface area contributed by atoms with E-state index in [9.17, 15) is 0 Å². The molecule has 0 saturated heterocycles. The summed E-state index contributed by atoms with van der Waals surface area (Å²) in [6.07, 6.45) is 2.14. The molecule has 1 aromatic heterocycles. The summed E-state index contributed by atoms with van der Waals surface area (Å²) in [6.45, 7) is 4.23. The van der Waals surface area contributed by atoms with Crippen LogP contribution in [0.1, 0.15) is 11.8 Å². The van der Waals surface area contributed by atoms with Crippen LogP contribution in [0.2, 0.25) is 0 Å². The smallest absolute Gasteiger partial charge is 0.173 e. The lowest BCUT2D eigenvalue weighted by atomic mass is 10.4. The first-order valence-corrected chi connectivity index (χ1v) is 6.73. The molecule has 0 aliphatic heterocycles. The van der Waals surface area contributed by atoms with Gasteiger partial charge in [0.15, 0.2) is 5.06 Å². The monoisotopic (exact) mass is 231 g/mol. The topological polar surface area (TPSA) is 21.3 Å². The van der Waals surface area contributed by atoms with Gasteiger partial charge in [0, 0.05) is 23.2 Å². The minimum absolute atomic E-state index is 0.678. The summed E-state index contributed by atoms with van der Waals surface area (Å²) in [4.78, 5) is 1.33. The van der Waals surface area contributed by atoms with E-state index in [1.165, 1.54) is 4.88 Å². The molecule has 0 aliphatic carbocycles. The number of nitrogens with one attached hydrogen (secondary N) is 1. The molecule has 0 aliphatic rings. The molecule has 80 valence electrons. The summed E-state index contributed by atoms with van der Waals surface area (Å²) < 4.78 is 5.13. The molecule has 1 aromatic rings. The van der Waals surface area contributed by atoms with Gasteiger partial charge in [-0.1, -0.05) is 6.92 Å². The van der Waals surface area contributed by atoms with Gasteiger partial charge < -0.3 is 10.1 Å². The first-order valence-electron chi connectivity index (χ1n) is 4.62. The van der Waals surface area contributed by atoms with Crippen LogP contribution in [-0.4, -0.2) is 25.2 Å². The van der Waals surface area contributed by atoms with Crippen molar-refractivity contribution in [2.45, 2.75) is 18.7 Å². The Bertz CT molecular complexity index is 262. The number of ether oxygens (including phenoxy) is 1. The van der Waals surface area contributed by atoms with Crippen LogP contribution in [0.15, 0.2) is 12.1 Å².